The summed E-state index contributed by atoms with van der Waals surface area (Å²) in [4.78, 5) is 22.7. The largest absolute Gasteiger partial charge is 0.349 e. The molecule has 0 aliphatic carbocycles. The minimum absolute atomic E-state index is 0.0491. The predicted octanol–water partition coefficient (Wildman–Crippen LogP) is 3.98. The van der Waals surface area contributed by atoms with Gasteiger partial charge in [-0.1, -0.05) is 12.1 Å². The molecule has 1 amide bonds. The number of hydrogen-bond donors (Lipinski definition) is 1. The van der Waals surface area contributed by atoms with Crippen molar-refractivity contribution in [1.82, 2.24) is 15.3 Å². The summed E-state index contributed by atoms with van der Waals surface area (Å²) in [7, 11) is 0. The Balaban J connectivity index is 1.90. The molecule has 0 aliphatic heterocycles. The van der Waals surface area contributed by atoms with Gasteiger partial charge < -0.3 is 5.32 Å². The molecule has 2 heterocycles. The fourth-order valence-electron chi connectivity index (χ4n) is 2.84. The van der Waals surface area contributed by atoms with Crippen molar-refractivity contribution in [1.29, 1.82) is 0 Å². The molecular formula is C19H21N3OS. The van der Waals surface area contributed by atoms with Crippen molar-refractivity contribution in [2.45, 2.75) is 40.2 Å². The van der Waals surface area contributed by atoms with Crippen LogP contribution in [0.3, 0.4) is 0 Å². The summed E-state index contributed by atoms with van der Waals surface area (Å²) in [6.07, 6.45) is 2.64. The van der Waals surface area contributed by atoms with Crippen LogP contribution >= 0.6 is 11.3 Å². The smallest absolute Gasteiger partial charge is 0.252 e. The van der Waals surface area contributed by atoms with Gasteiger partial charge in [0.05, 0.1) is 16.6 Å². The van der Waals surface area contributed by atoms with E-state index < -0.39 is 0 Å². The lowest BCUT2D eigenvalue weighted by Gasteiger charge is -2.15. The maximum absolute atomic E-state index is 12.8. The number of benzene rings is 1. The standard InChI is InChI=1S/C19H21N3OS/c1-11-5-6-16-17(8-13(3)21-18(16)14(11)4)19(23)22-12(2)7-15-9-20-10-24-15/h5-6,8-10,12H,7H2,1-4H3,(H,22,23)/t12-/m1/s1. The summed E-state index contributed by atoms with van der Waals surface area (Å²) < 4.78 is 0. The number of nitrogens with one attached hydrogen (secondary N) is 1. The van der Waals surface area contributed by atoms with Crippen molar-refractivity contribution >= 4 is 28.1 Å². The molecule has 0 unspecified atom stereocenters. The first-order valence-electron chi connectivity index (χ1n) is 8.01. The SMILES string of the molecule is Cc1cc(C(=O)N[C@H](C)Cc2cncs2)c2ccc(C)c(C)c2n1. The average Bonchev–Trinajstić information content (AvgIpc) is 3.03. The third-order valence-corrected chi connectivity index (χ3v) is 5.05. The molecule has 0 aliphatic rings. The molecule has 1 N–H and O–H groups in total. The number of rotatable bonds is 4. The summed E-state index contributed by atoms with van der Waals surface area (Å²) in [5.41, 5.74) is 6.59. The van der Waals surface area contributed by atoms with Crippen LogP contribution in [0.2, 0.25) is 0 Å². The van der Waals surface area contributed by atoms with Gasteiger partial charge in [0.25, 0.3) is 5.91 Å². The second kappa shape index (κ2) is 6.69. The van der Waals surface area contributed by atoms with E-state index in [0.29, 0.717) is 5.56 Å². The molecule has 0 spiro atoms. The highest BCUT2D eigenvalue weighted by Gasteiger charge is 2.16. The van der Waals surface area contributed by atoms with Crippen molar-refractivity contribution in [3.05, 3.63) is 57.2 Å². The van der Waals surface area contributed by atoms with E-state index in [1.54, 1.807) is 11.3 Å². The maximum Gasteiger partial charge on any atom is 0.252 e. The van der Waals surface area contributed by atoms with E-state index in [1.165, 1.54) is 10.4 Å². The second-order valence-corrected chi connectivity index (χ2v) is 7.23. The van der Waals surface area contributed by atoms with Gasteiger partial charge >= 0.3 is 0 Å². The van der Waals surface area contributed by atoms with Crippen LogP contribution in [0.15, 0.2) is 29.9 Å². The molecule has 5 heteroatoms. The Kier molecular flexibility index (Phi) is 4.62. The van der Waals surface area contributed by atoms with E-state index in [9.17, 15) is 4.79 Å². The predicted molar refractivity (Wildman–Crippen MR) is 98.7 cm³/mol. The minimum Gasteiger partial charge on any atom is -0.349 e. The Hall–Kier alpha value is -2.27. The van der Waals surface area contributed by atoms with Crippen molar-refractivity contribution in [3.63, 3.8) is 0 Å². The fourth-order valence-corrected chi connectivity index (χ4v) is 3.57. The third-order valence-electron chi connectivity index (χ3n) is 4.25. The van der Waals surface area contributed by atoms with E-state index in [-0.39, 0.29) is 11.9 Å². The number of carbonyl (C=O) groups is 1. The highest BCUT2D eigenvalue weighted by atomic mass is 32.1. The van der Waals surface area contributed by atoms with Crippen LogP contribution in [-0.2, 0) is 6.42 Å². The Bertz CT molecular complexity index is 887. The van der Waals surface area contributed by atoms with Crippen LogP contribution in [0.5, 0.6) is 0 Å². The number of nitrogens with zero attached hydrogens (tertiary/aromatic N) is 2. The molecular weight excluding hydrogens is 318 g/mol. The minimum atomic E-state index is -0.0502. The van der Waals surface area contributed by atoms with Crippen LogP contribution in [0.25, 0.3) is 10.9 Å². The monoisotopic (exact) mass is 339 g/mol. The number of aryl methyl sites for hydroxylation is 3. The molecule has 0 fully saturated rings. The van der Waals surface area contributed by atoms with Crippen molar-refractivity contribution in [3.8, 4) is 0 Å². The van der Waals surface area contributed by atoms with Gasteiger partial charge in [-0.3, -0.25) is 14.8 Å². The van der Waals surface area contributed by atoms with Crippen LogP contribution in [-0.4, -0.2) is 21.9 Å². The van der Waals surface area contributed by atoms with E-state index >= 15 is 0 Å². The summed E-state index contributed by atoms with van der Waals surface area (Å²) in [5, 5.41) is 4.01. The van der Waals surface area contributed by atoms with Crippen molar-refractivity contribution in [2.24, 2.45) is 0 Å². The quantitative estimate of drug-likeness (QED) is 0.782. The van der Waals surface area contributed by atoms with Gasteiger partial charge in [0.15, 0.2) is 0 Å². The normalized spacial score (nSPS) is 12.3. The number of fused-ring (bicyclic) bond motifs is 1. The van der Waals surface area contributed by atoms with Gasteiger partial charge in [0, 0.05) is 34.6 Å². The molecule has 1 aromatic carbocycles. The zero-order valence-corrected chi connectivity index (χ0v) is 15.2. The van der Waals surface area contributed by atoms with Crippen LogP contribution in [0.4, 0.5) is 0 Å². The third kappa shape index (κ3) is 3.31. The number of amides is 1. The number of hydrogen-bond acceptors (Lipinski definition) is 4. The van der Waals surface area contributed by atoms with E-state index in [1.807, 2.05) is 43.8 Å². The first-order valence-corrected chi connectivity index (χ1v) is 8.89. The topological polar surface area (TPSA) is 54.9 Å². The van der Waals surface area contributed by atoms with Gasteiger partial charge in [0.2, 0.25) is 0 Å². The van der Waals surface area contributed by atoms with Crippen LogP contribution in [0.1, 0.15) is 39.0 Å². The van der Waals surface area contributed by atoms with E-state index in [0.717, 1.165) is 28.6 Å². The lowest BCUT2D eigenvalue weighted by Crippen LogP contribution is -2.34. The number of carbonyl (C=O) groups excluding carboxylic acids is 1. The molecule has 3 rings (SSSR count). The van der Waals surface area contributed by atoms with E-state index in [2.05, 4.69) is 29.1 Å². The number of thiazole rings is 1. The second-order valence-electron chi connectivity index (χ2n) is 6.26. The Morgan fingerprint density at radius 1 is 1.29 bits per heavy atom. The Morgan fingerprint density at radius 3 is 2.79 bits per heavy atom. The lowest BCUT2D eigenvalue weighted by atomic mass is 10.0. The molecule has 0 bridgehead atoms. The van der Waals surface area contributed by atoms with Crippen molar-refractivity contribution in [2.75, 3.05) is 0 Å². The van der Waals surface area contributed by atoms with E-state index in [4.69, 9.17) is 0 Å². The molecule has 3 aromatic rings. The zero-order chi connectivity index (χ0) is 17.3. The molecule has 2 aromatic heterocycles. The summed E-state index contributed by atoms with van der Waals surface area (Å²) in [6, 6.07) is 5.96. The zero-order valence-electron chi connectivity index (χ0n) is 14.4. The van der Waals surface area contributed by atoms with Gasteiger partial charge in [-0.25, -0.2) is 0 Å². The first kappa shape index (κ1) is 16.6. The van der Waals surface area contributed by atoms with Crippen LogP contribution in [0, 0.1) is 20.8 Å². The van der Waals surface area contributed by atoms with Gasteiger partial charge in [-0.05, 0) is 44.9 Å². The summed E-state index contributed by atoms with van der Waals surface area (Å²) >= 11 is 1.61. The number of pyridine rings is 1. The number of aromatic nitrogens is 2. The highest BCUT2D eigenvalue weighted by molar-refractivity contribution is 7.09. The van der Waals surface area contributed by atoms with Crippen molar-refractivity contribution < 1.29 is 4.79 Å². The first-order chi connectivity index (χ1) is 11.5. The Morgan fingerprint density at radius 2 is 2.08 bits per heavy atom. The molecule has 124 valence electrons. The average molecular weight is 339 g/mol. The molecule has 0 saturated carbocycles. The molecule has 0 radical (unpaired) electrons. The van der Waals surface area contributed by atoms with Gasteiger partial charge in [0.1, 0.15) is 0 Å². The fraction of sp³-hybridized carbons (Fsp3) is 0.316. The molecule has 4 nitrogen and oxygen atoms in total. The maximum atomic E-state index is 12.8. The summed E-state index contributed by atoms with van der Waals surface area (Å²) in [5.74, 6) is -0.0502. The molecule has 24 heavy (non-hydrogen) atoms. The summed E-state index contributed by atoms with van der Waals surface area (Å²) in [6.45, 7) is 8.07. The van der Waals surface area contributed by atoms with Crippen LogP contribution < -0.4 is 5.32 Å². The van der Waals surface area contributed by atoms with Gasteiger partial charge in [-0.2, -0.15) is 0 Å². The molecule has 1 atom stereocenters. The highest BCUT2D eigenvalue weighted by Crippen LogP contribution is 2.24. The lowest BCUT2D eigenvalue weighted by molar-refractivity contribution is 0.0941. The molecule has 0 saturated heterocycles. The Labute approximate surface area is 146 Å². The van der Waals surface area contributed by atoms with Gasteiger partial charge in [-0.15, -0.1) is 11.3 Å².